The maximum atomic E-state index is 13.5. The molecule has 4 atom stereocenters. The third-order valence-corrected chi connectivity index (χ3v) is 13.7. The molecule has 2 fully saturated rings. The van der Waals surface area contributed by atoms with Crippen molar-refractivity contribution < 1.29 is 28.3 Å². The van der Waals surface area contributed by atoms with Crippen molar-refractivity contribution in [2.24, 2.45) is 5.92 Å². The molecule has 0 aromatic rings. The van der Waals surface area contributed by atoms with E-state index in [9.17, 15) is 14.4 Å². The lowest BCUT2D eigenvalue weighted by Crippen LogP contribution is -2.64. The summed E-state index contributed by atoms with van der Waals surface area (Å²) in [7, 11) is -2.09. The van der Waals surface area contributed by atoms with Gasteiger partial charge in [0.15, 0.2) is 8.32 Å². The Kier molecular flexibility index (Phi) is 9.40. The highest BCUT2D eigenvalue weighted by atomic mass is 32.2. The molecule has 0 radical (unpaired) electrons. The minimum atomic E-state index is -2.09. The van der Waals surface area contributed by atoms with Crippen LogP contribution in [0, 0.1) is 5.92 Å². The average Bonchev–Trinajstić information content (AvgIpc) is 3.42. The first-order chi connectivity index (χ1) is 17.4. The number of carbonyl (C=O) groups excluding carboxylic acids is 3. The van der Waals surface area contributed by atoms with E-state index in [1.807, 2.05) is 0 Å². The molecule has 0 bridgehead atoms. The van der Waals surface area contributed by atoms with Crippen molar-refractivity contribution >= 4 is 38.0 Å². The largest absolute Gasteiger partial charge is 0.457 e. The molecule has 0 spiro atoms. The molecule has 0 aliphatic carbocycles. The van der Waals surface area contributed by atoms with Gasteiger partial charge in [0.2, 0.25) is 5.91 Å². The van der Waals surface area contributed by atoms with Crippen molar-refractivity contribution in [1.29, 1.82) is 0 Å². The summed E-state index contributed by atoms with van der Waals surface area (Å²) in [6.45, 7) is 21.6. The summed E-state index contributed by atoms with van der Waals surface area (Å²) >= 11 is 1.58. The third kappa shape index (κ3) is 6.17. The Morgan fingerprint density at radius 2 is 1.84 bits per heavy atom. The van der Waals surface area contributed by atoms with Crippen LogP contribution in [0.15, 0.2) is 35.9 Å². The van der Waals surface area contributed by atoms with Crippen molar-refractivity contribution in [3.8, 4) is 0 Å². The second kappa shape index (κ2) is 11.8. The highest BCUT2D eigenvalue weighted by Gasteiger charge is 2.59. The van der Waals surface area contributed by atoms with E-state index in [0.29, 0.717) is 25.2 Å². The molecule has 3 heterocycles. The molecule has 0 aromatic carbocycles. The van der Waals surface area contributed by atoms with Gasteiger partial charge in [0, 0.05) is 29.7 Å². The number of hydrogen-bond donors (Lipinski definition) is 0. The fraction of sp³-hybridized carbons (Fsp3) is 0.667. The zero-order chi connectivity index (χ0) is 27.5. The summed E-state index contributed by atoms with van der Waals surface area (Å²) in [5.41, 5.74) is 0.341. The number of thioether (sulfide) groups is 1. The standard InChI is InChI=1S/C27H42N2O6SSi/c1-9-14-33-25(31)23-21(36-18-12-13-28(17-18)26(32)34-15-10-2)16-19-22(24(30)29(19)23)20(11-3)35-37(7,8)27(4,5)6/h9-10,18-20,22H,1-2,11-17H2,3-8H3/t18?,19-,20?,22-/m1/s1. The van der Waals surface area contributed by atoms with E-state index in [4.69, 9.17) is 13.9 Å². The molecule has 0 aromatic heterocycles. The van der Waals surface area contributed by atoms with Crippen LogP contribution in [0.25, 0.3) is 0 Å². The lowest BCUT2D eigenvalue weighted by atomic mass is 9.82. The van der Waals surface area contributed by atoms with Gasteiger partial charge in [0.05, 0.1) is 18.1 Å². The van der Waals surface area contributed by atoms with Crippen LogP contribution in [-0.2, 0) is 23.5 Å². The Morgan fingerprint density at radius 3 is 2.43 bits per heavy atom. The van der Waals surface area contributed by atoms with Gasteiger partial charge in [0.25, 0.3) is 0 Å². The summed E-state index contributed by atoms with van der Waals surface area (Å²) in [6, 6.07) is -0.119. The fourth-order valence-electron chi connectivity index (χ4n) is 4.79. The number of carbonyl (C=O) groups is 3. The molecule has 3 rings (SSSR count). The van der Waals surface area contributed by atoms with Crippen LogP contribution >= 0.6 is 11.8 Å². The second-order valence-corrected chi connectivity index (χ2v) is 17.5. The van der Waals surface area contributed by atoms with Gasteiger partial charge >= 0.3 is 12.1 Å². The van der Waals surface area contributed by atoms with Gasteiger partial charge in [-0.1, -0.05) is 53.0 Å². The predicted octanol–water partition coefficient (Wildman–Crippen LogP) is 5.09. The maximum Gasteiger partial charge on any atom is 0.410 e. The summed E-state index contributed by atoms with van der Waals surface area (Å²) in [6.07, 6.45) is 4.61. The molecule has 2 amide bonds. The van der Waals surface area contributed by atoms with Gasteiger partial charge in [-0.2, -0.15) is 0 Å². The van der Waals surface area contributed by atoms with Crippen molar-refractivity contribution in [2.75, 3.05) is 26.3 Å². The summed E-state index contributed by atoms with van der Waals surface area (Å²) < 4.78 is 17.3. The first-order valence-electron chi connectivity index (χ1n) is 13.1. The highest BCUT2D eigenvalue weighted by molar-refractivity contribution is 8.03. The zero-order valence-electron chi connectivity index (χ0n) is 23.1. The molecule has 0 saturated carbocycles. The Hall–Kier alpha value is -2.04. The van der Waals surface area contributed by atoms with Crippen LogP contribution in [0.3, 0.4) is 0 Å². The van der Waals surface area contributed by atoms with Crippen molar-refractivity contribution in [1.82, 2.24) is 9.80 Å². The van der Waals surface area contributed by atoms with Crippen LogP contribution < -0.4 is 0 Å². The average molecular weight is 551 g/mol. The highest BCUT2D eigenvalue weighted by Crippen LogP contribution is 2.51. The molecule has 3 aliphatic rings. The summed E-state index contributed by atoms with van der Waals surface area (Å²) in [4.78, 5) is 43.0. The van der Waals surface area contributed by atoms with E-state index < -0.39 is 14.3 Å². The van der Waals surface area contributed by atoms with Gasteiger partial charge in [0.1, 0.15) is 18.9 Å². The van der Waals surface area contributed by atoms with E-state index >= 15 is 0 Å². The molecule has 37 heavy (non-hydrogen) atoms. The van der Waals surface area contributed by atoms with E-state index in [1.165, 1.54) is 6.08 Å². The predicted molar refractivity (Wildman–Crippen MR) is 148 cm³/mol. The van der Waals surface area contributed by atoms with E-state index in [2.05, 4.69) is 53.9 Å². The van der Waals surface area contributed by atoms with Gasteiger partial charge in [-0.15, -0.1) is 11.8 Å². The minimum absolute atomic E-state index is 0.0304. The Labute approximate surface area is 226 Å². The number of rotatable bonds is 11. The lowest BCUT2D eigenvalue weighted by molar-refractivity contribution is -0.162. The van der Waals surface area contributed by atoms with E-state index in [-0.39, 0.29) is 53.6 Å². The van der Waals surface area contributed by atoms with Crippen LogP contribution in [0.5, 0.6) is 0 Å². The van der Waals surface area contributed by atoms with Gasteiger partial charge < -0.3 is 23.7 Å². The molecular formula is C27H42N2O6SSi. The molecule has 206 valence electrons. The van der Waals surface area contributed by atoms with E-state index in [1.54, 1.807) is 27.6 Å². The summed E-state index contributed by atoms with van der Waals surface area (Å²) in [5.74, 6) is -0.860. The van der Waals surface area contributed by atoms with Crippen LogP contribution in [-0.4, -0.2) is 79.8 Å². The number of fused-ring (bicyclic) bond motifs is 1. The Morgan fingerprint density at radius 1 is 1.19 bits per heavy atom. The van der Waals surface area contributed by atoms with Crippen LogP contribution in [0.1, 0.15) is 47.0 Å². The topological polar surface area (TPSA) is 85.4 Å². The van der Waals surface area contributed by atoms with Gasteiger partial charge in [-0.25, -0.2) is 9.59 Å². The number of amides is 2. The molecular weight excluding hydrogens is 508 g/mol. The SMILES string of the molecule is C=CCOC(=O)C1=C(SC2CCN(C(=O)OCC=C)C2)C[C@@H]2[C@H](C(CC)O[Si](C)(C)C(C)(C)C)C(=O)N12. The molecule has 2 saturated heterocycles. The first kappa shape index (κ1) is 29.5. The van der Waals surface area contributed by atoms with Crippen molar-refractivity contribution in [3.05, 3.63) is 35.9 Å². The minimum Gasteiger partial charge on any atom is -0.457 e. The molecule has 10 heteroatoms. The number of likely N-dealkylation sites (tertiary alicyclic amines) is 1. The Bertz CT molecular complexity index is 959. The lowest BCUT2D eigenvalue weighted by Gasteiger charge is -2.49. The number of β-lactam (4-membered cyclic amide) rings is 1. The maximum absolute atomic E-state index is 13.5. The number of esters is 1. The second-order valence-electron chi connectivity index (χ2n) is 11.3. The van der Waals surface area contributed by atoms with Crippen LogP contribution in [0.4, 0.5) is 4.79 Å². The summed E-state index contributed by atoms with van der Waals surface area (Å²) in [5, 5.41) is 0.133. The number of ether oxygens (including phenoxy) is 2. The zero-order valence-corrected chi connectivity index (χ0v) is 24.9. The van der Waals surface area contributed by atoms with Crippen molar-refractivity contribution in [2.45, 2.75) is 82.5 Å². The number of nitrogens with zero attached hydrogens (tertiary/aromatic N) is 2. The smallest absolute Gasteiger partial charge is 0.410 e. The monoisotopic (exact) mass is 550 g/mol. The van der Waals surface area contributed by atoms with Crippen LogP contribution in [0.2, 0.25) is 18.1 Å². The third-order valence-electron chi connectivity index (χ3n) is 7.79. The quantitative estimate of drug-likeness (QED) is 0.153. The molecule has 2 unspecified atom stereocenters. The Balaban J connectivity index is 1.78. The molecule has 3 aliphatic heterocycles. The fourth-order valence-corrected chi connectivity index (χ4v) is 7.65. The van der Waals surface area contributed by atoms with Crippen molar-refractivity contribution in [3.63, 3.8) is 0 Å². The molecule has 8 nitrogen and oxygen atoms in total. The van der Waals surface area contributed by atoms with E-state index in [0.717, 1.165) is 17.7 Å². The van der Waals surface area contributed by atoms with Gasteiger partial charge in [-0.05, 0) is 31.0 Å². The first-order valence-corrected chi connectivity index (χ1v) is 16.9. The van der Waals surface area contributed by atoms with Gasteiger partial charge in [-0.3, -0.25) is 4.79 Å². The molecule has 0 N–H and O–H groups in total. The number of hydrogen-bond acceptors (Lipinski definition) is 7. The normalized spacial score (nSPS) is 24.5.